The SMILES string of the molecule is COC(=O)/C=C/CNC(=O)CC1Cc2cc(Cl)ccc2O1. The molecule has 1 unspecified atom stereocenters. The first-order valence-electron chi connectivity index (χ1n) is 6.54. The third kappa shape index (κ3) is 4.49. The smallest absolute Gasteiger partial charge is 0.330 e. The summed E-state index contributed by atoms with van der Waals surface area (Å²) in [5, 5.41) is 3.35. The number of methoxy groups -OCH3 is 1. The minimum atomic E-state index is -0.448. The van der Waals surface area contributed by atoms with Crippen LogP contribution in [0.4, 0.5) is 0 Å². The van der Waals surface area contributed by atoms with Gasteiger partial charge in [-0.2, -0.15) is 0 Å². The van der Waals surface area contributed by atoms with Crippen LogP contribution < -0.4 is 10.1 Å². The van der Waals surface area contributed by atoms with E-state index in [0.29, 0.717) is 11.4 Å². The molecule has 0 fully saturated rings. The van der Waals surface area contributed by atoms with Gasteiger partial charge in [0.05, 0.1) is 13.5 Å². The molecule has 0 spiro atoms. The number of hydrogen-bond donors (Lipinski definition) is 1. The van der Waals surface area contributed by atoms with Gasteiger partial charge in [-0.15, -0.1) is 0 Å². The average Bonchev–Trinajstić information content (AvgIpc) is 2.84. The summed E-state index contributed by atoms with van der Waals surface area (Å²) in [4.78, 5) is 22.6. The maximum Gasteiger partial charge on any atom is 0.330 e. The van der Waals surface area contributed by atoms with Gasteiger partial charge in [-0.05, 0) is 23.8 Å². The van der Waals surface area contributed by atoms with Crippen LogP contribution in [0, 0.1) is 0 Å². The first-order chi connectivity index (χ1) is 10.1. The third-order valence-electron chi connectivity index (χ3n) is 3.05. The molecule has 0 aliphatic carbocycles. The van der Waals surface area contributed by atoms with Gasteiger partial charge in [0.15, 0.2) is 0 Å². The van der Waals surface area contributed by atoms with Gasteiger partial charge in [-0.3, -0.25) is 4.79 Å². The van der Waals surface area contributed by atoms with Crippen LogP contribution in [-0.4, -0.2) is 31.6 Å². The van der Waals surface area contributed by atoms with Gasteiger partial charge in [-0.1, -0.05) is 17.7 Å². The molecule has 1 aromatic carbocycles. The fourth-order valence-electron chi connectivity index (χ4n) is 2.08. The van der Waals surface area contributed by atoms with Crippen molar-refractivity contribution in [2.24, 2.45) is 0 Å². The number of carbonyl (C=O) groups excluding carboxylic acids is 2. The van der Waals surface area contributed by atoms with E-state index in [1.165, 1.54) is 19.3 Å². The van der Waals surface area contributed by atoms with Crippen LogP contribution in [0.15, 0.2) is 30.4 Å². The number of halogens is 1. The Morgan fingerprint density at radius 3 is 3.10 bits per heavy atom. The van der Waals surface area contributed by atoms with Crippen LogP contribution in [0.1, 0.15) is 12.0 Å². The van der Waals surface area contributed by atoms with Crippen molar-refractivity contribution in [2.45, 2.75) is 18.9 Å². The molecule has 1 aliphatic heterocycles. The van der Waals surface area contributed by atoms with Gasteiger partial charge in [0.2, 0.25) is 5.91 Å². The molecule has 1 aromatic rings. The molecule has 0 radical (unpaired) electrons. The number of amides is 1. The zero-order valence-electron chi connectivity index (χ0n) is 11.6. The number of fused-ring (bicyclic) bond motifs is 1. The van der Waals surface area contributed by atoms with Gasteiger partial charge in [-0.25, -0.2) is 4.79 Å². The second-order valence-corrected chi connectivity index (χ2v) is 5.07. The molecule has 1 aliphatic rings. The van der Waals surface area contributed by atoms with Crippen molar-refractivity contribution in [3.8, 4) is 5.75 Å². The Balaban J connectivity index is 1.75. The zero-order chi connectivity index (χ0) is 15.2. The van der Waals surface area contributed by atoms with E-state index in [9.17, 15) is 9.59 Å². The molecule has 0 saturated carbocycles. The van der Waals surface area contributed by atoms with Gasteiger partial charge in [0, 0.05) is 24.1 Å². The molecule has 1 heterocycles. The minimum Gasteiger partial charge on any atom is -0.489 e. The maximum absolute atomic E-state index is 11.8. The lowest BCUT2D eigenvalue weighted by Gasteiger charge is -2.09. The minimum absolute atomic E-state index is 0.131. The molecule has 1 amide bonds. The number of esters is 1. The van der Waals surface area contributed by atoms with E-state index >= 15 is 0 Å². The highest BCUT2D eigenvalue weighted by Crippen LogP contribution is 2.31. The van der Waals surface area contributed by atoms with E-state index in [2.05, 4.69) is 10.1 Å². The third-order valence-corrected chi connectivity index (χ3v) is 3.28. The van der Waals surface area contributed by atoms with Crippen LogP contribution in [0.5, 0.6) is 5.75 Å². The van der Waals surface area contributed by atoms with Crippen LogP contribution in [0.3, 0.4) is 0 Å². The molecule has 0 aromatic heterocycles. The fraction of sp³-hybridized carbons (Fsp3) is 0.333. The van der Waals surface area contributed by atoms with Gasteiger partial charge >= 0.3 is 5.97 Å². The summed E-state index contributed by atoms with van der Waals surface area (Å²) in [5.74, 6) is 0.201. The molecule has 0 bridgehead atoms. The largest absolute Gasteiger partial charge is 0.489 e. The number of carbonyl (C=O) groups is 2. The monoisotopic (exact) mass is 309 g/mol. The van der Waals surface area contributed by atoms with Crippen molar-refractivity contribution >= 4 is 23.5 Å². The fourth-order valence-corrected chi connectivity index (χ4v) is 2.27. The molecule has 5 nitrogen and oxygen atoms in total. The van der Waals surface area contributed by atoms with Crippen LogP contribution >= 0.6 is 11.6 Å². The molecule has 2 rings (SSSR count). The highest BCUT2D eigenvalue weighted by molar-refractivity contribution is 6.30. The van der Waals surface area contributed by atoms with Gasteiger partial charge in [0.25, 0.3) is 0 Å². The zero-order valence-corrected chi connectivity index (χ0v) is 12.4. The van der Waals surface area contributed by atoms with Gasteiger partial charge < -0.3 is 14.8 Å². The van der Waals surface area contributed by atoms with E-state index in [-0.39, 0.29) is 25.0 Å². The lowest BCUT2D eigenvalue weighted by atomic mass is 10.1. The van der Waals surface area contributed by atoms with Crippen molar-refractivity contribution in [3.05, 3.63) is 40.9 Å². The Labute approximate surface area is 127 Å². The highest BCUT2D eigenvalue weighted by atomic mass is 35.5. The van der Waals surface area contributed by atoms with Gasteiger partial charge in [0.1, 0.15) is 11.9 Å². The summed E-state index contributed by atoms with van der Waals surface area (Å²) in [6.07, 6.45) is 3.56. The molecule has 21 heavy (non-hydrogen) atoms. The van der Waals surface area contributed by atoms with E-state index in [1.54, 1.807) is 6.07 Å². The Morgan fingerprint density at radius 1 is 1.52 bits per heavy atom. The number of nitrogens with one attached hydrogen (secondary N) is 1. The molecule has 6 heteroatoms. The van der Waals surface area contributed by atoms with Crippen molar-refractivity contribution < 1.29 is 19.1 Å². The van der Waals surface area contributed by atoms with Crippen molar-refractivity contribution in [2.75, 3.05) is 13.7 Å². The Kier molecular flexibility index (Phi) is 5.22. The summed E-state index contributed by atoms with van der Waals surface area (Å²) in [7, 11) is 1.30. The second-order valence-electron chi connectivity index (χ2n) is 4.63. The Morgan fingerprint density at radius 2 is 2.33 bits per heavy atom. The van der Waals surface area contributed by atoms with E-state index in [4.69, 9.17) is 16.3 Å². The summed E-state index contributed by atoms with van der Waals surface area (Å²) >= 11 is 5.92. The van der Waals surface area contributed by atoms with E-state index in [0.717, 1.165) is 11.3 Å². The predicted molar refractivity (Wildman–Crippen MR) is 78.4 cm³/mol. The quantitative estimate of drug-likeness (QED) is 0.666. The van der Waals surface area contributed by atoms with Crippen molar-refractivity contribution in [3.63, 3.8) is 0 Å². The second kappa shape index (κ2) is 7.13. The molecule has 0 saturated heterocycles. The van der Waals surface area contributed by atoms with E-state index < -0.39 is 5.97 Å². The summed E-state index contributed by atoms with van der Waals surface area (Å²) in [6.45, 7) is 0.277. The first-order valence-corrected chi connectivity index (χ1v) is 6.92. The summed E-state index contributed by atoms with van der Waals surface area (Å²) in [6, 6.07) is 5.43. The number of hydrogen-bond acceptors (Lipinski definition) is 4. The lowest BCUT2D eigenvalue weighted by Crippen LogP contribution is -2.29. The first kappa shape index (κ1) is 15.4. The lowest BCUT2D eigenvalue weighted by molar-refractivity contribution is -0.134. The summed E-state index contributed by atoms with van der Waals surface area (Å²) in [5.41, 5.74) is 1.02. The van der Waals surface area contributed by atoms with Crippen molar-refractivity contribution in [1.82, 2.24) is 5.32 Å². The Hall–Kier alpha value is -2.01. The molecular formula is C15H16ClNO4. The van der Waals surface area contributed by atoms with Crippen LogP contribution in [-0.2, 0) is 20.7 Å². The Bertz CT molecular complexity index is 571. The topological polar surface area (TPSA) is 64.6 Å². The number of rotatable bonds is 5. The highest BCUT2D eigenvalue weighted by Gasteiger charge is 2.25. The van der Waals surface area contributed by atoms with Crippen LogP contribution in [0.25, 0.3) is 0 Å². The molecule has 112 valence electrons. The van der Waals surface area contributed by atoms with E-state index in [1.807, 2.05) is 12.1 Å². The van der Waals surface area contributed by atoms with Crippen molar-refractivity contribution in [1.29, 1.82) is 0 Å². The molecular weight excluding hydrogens is 294 g/mol. The average molecular weight is 310 g/mol. The number of benzene rings is 1. The maximum atomic E-state index is 11.8. The summed E-state index contributed by atoms with van der Waals surface area (Å²) < 4.78 is 10.1. The standard InChI is InChI=1S/C15H16ClNO4/c1-20-15(19)3-2-6-17-14(18)9-12-8-10-7-11(16)4-5-13(10)21-12/h2-5,7,12H,6,8-9H2,1H3,(H,17,18)/b3-2+. The predicted octanol–water partition coefficient (Wildman–Crippen LogP) is 1.88. The normalized spacial score (nSPS) is 16.4. The van der Waals surface area contributed by atoms with Crippen LogP contribution in [0.2, 0.25) is 5.02 Å². The molecule has 1 atom stereocenters. The number of ether oxygens (including phenoxy) is 2. The molecule has 1 N–H and O–H groups in total.